The summed E-state index contributed by atoms with van der Waals surface area (Å²) in [5, 5.41) is 11.6. The first-order valence-corrected chi connectivity index (χ1v) is 11.0. The second-order valence-corrected chi connectivity index (χ2v) is 8.64. The van der Waals surface area contributed by atoms with Gasteiger partial charge in [-0.2, -0.15) is 4.31 Å². The molecule has 2 aromatic rings. The van der Waals surface area contributed by atoms with E-state index in [0.717, 1.165) is 9.87 Å². The maximum absolute atomic E-state index is 13.2. The van der Waals surface area contributed by atoms with E-state index in [1.54, 1.807) is 0 Å². The van der Waals surface area contributed by atoms with Gasteiger partial charge in [-0.1, -0.05) is 41.9 Å². The molecule has 7 nitrogen and oxygen atoms in total. The highest BCUT2D eigenvalue weighted by atomic mass is 35.5. The Hall–Kier alpha value is -2.13. The Balaban J connectivity index is 2.23. The number of hydrogen-bond acceptors (Lipinski definition) is 5. The van der Waals surface area contributed by atoms with E-state index < -0.39 is 15.9 Å². The molecule has 0 atom stereocenters. The van der Waals surface area contributed by atoms with Crippen LogP contribution in [0.15, 0.2) is 53.4 Å². The summed E-state index contributed by atoms with van der Waals surface area (Å²) >= 11 is 6.09. The Kier molecular flexibility index (Phi) is 8.91. The van der Waals surface area contributed by atoms with E-state index in [1.165, 1.54) is 25.3 Å². The number of carbonyl (C=O) groups is 1. The first-order chi connectivity index (χ1) is 13.9. The van der Waals surface area contributed by atoms with E-state index in [4.69, 9.17) is 21.4 Å². The maximum Gasteiger partial charge on any atom is 0.243 e. The van der Waals surface area contributed by atoms with Crippen molar-refractivity contribution in [3.63, 3.8) is 0 Å². The van der Waals surface area contributed by atoms with Crippen LogP contribution in [0.5, 0.6) is 5.75 Å². The number of halogens is 1. The Morgan fingerprint density at radius 2 is 1.93 bits per heavy atom. The van der Waals surface area contributed by atoms with Crippen molar-refractivity contribution >= 4 is 27.5 Å². The number of carbonyl (C=O) groups excluding carboxylic acids is 1. The molecule has 0 bridgehead atoms. The molecule has 0 radical (unpaired) electrons. The van der Waals surface area contributed by atoms with Gasteiger partial charge in [-0.15, -0.1) is 0 Å². The van der Waals surface area contributed by atoms with Gasteiger partial charge in [0.1, 0.15) is 5.75 Å². The smallest absolute Gasteiger partial charge is 0.243 e. The average molecular weight is 441 g/mol. The Morgan fingerprint density at radius 3 is 2.55 bits per heavy atom. The molecule has 0 aliphatic rings. The first-order valence-electron chi connectivity index (χ1n) is 9.13. The lowest BCUT2D eigenvalue weighted by Crippen LogP contribution is -2.42. The lowest BCUT2D eigenvalue weighted by atomic mass is 10.1. The van der Waals surface area contributed by atoms with Crippen molar-refractivity contribution in [2.45, 2.75) is 17.7 Å². The quantitative estimate of drug-likeness (QED) is 0.521. The molecule has 1 amide bonds. The standard InChI is InChI=1S/C20H25ClN2O5S/c1-28-19-9-8-17(14-18(19)21)29(26,27)23(15-20(25)22-11-5-13-24)12-10-16-6-3-2-4-7-16/h2-4,6-9,14,24H,5,10-13,15H2,1H3,(H,22,25). The predicted molar refractivity (Wildman–Crippen MR) is 112 cm³/mol. The zero-order valence-electron chi connectivity index (χ0n) is 16.2. The average Bonchev–Trinajstić information content (AvgIpc) is 2.71. The van der Waals surface area contributed by atoms with Gasteiger partial charge in [-0.25, -0.2) is 8.42 Å². The second kappa shape index (κ2) is 11.2. The summed E-state index contributed by atoms with van der Waals surface area (Å²) in [6, 6.07) is 13.6. The normalized spacial score (nSPS) is 11.4. The topological polar surface area (TPSA) is 95.9 Å². The van der Waals surface area contributed by atoms with Crippen LogP contribution in [0.25, 0.3) is 0 Å². The number of aliphatic hydroxyl groups excluding tert-OH is 1. The van der Waals surface area contributed by atoms with Crippen molar-refractivity contribution in [3.8, 4) is 5.75 Å². The number of benzene rings is 2. The SMILES string of the molecule is COc1ccc(S(=O)(=O)N(CCc2ccccc2)CC(=O)NCCCO)cc1Cl. The van der Waals surface area contributed by atoms with Gasteiger partial charge in [0.2, 0.25) is 15.9 Å². The van der Waals surface area contributed by atoms with Crippen LogP contribution in [-0.2, 0) is 21.2 Å². The number of amides is 1. The van der Waals surface area contributed by atoms with E-state index in [-0.39, 0.29) is 36.2 Å². The molecule has 2 aromatic carbocycles. The molecule has 29 heavy (non-hydrogen) atoms. The molecule has 0 aliphatic heterocycles. The number of hydrogen-bond donors (Lipinski definition) is 2. The fourth-order valence-corrected chi connectivity index (χ4v) is 4.41. The van der Waals surface area contributed by atoms with Gasteiger partial charge in [0.25, 0.3) is 0 Å². The van der Waals surface area contributed by atoms with Crippen molar-refractivity contribution in [2.75, 3.05) is 33.4 Å². The van der Waals surface area contributed by atoms with Crippen molar-refractivity contribution < 1.29 is 23.1 Å². The van der Waals surface area contributed by atoms with Gasteiger partial charge in [-0.05, 0) is 36.6 Å². The Labute approximate surface area is 176 Å². The van der Waals surface area contributed by atoms with E-state index in [0.29, 0.717) is 18.6 Å². The fraction of sp³-hybridized carbons (Fsp3) is 0.350. The minimum absolute atomic E-state index is 0.0143. The van der Waals surface area contributed by atoms with E-state index in [9.17, 15) is 13.2 Å². The van der Waals surface area contributed by atoms with Crippen LogP contribution in [0.4, 0.5) is 0 Å². The molecule has 0 aliphatic carbocycles. The third-order valence-corrected chi connectivity index (χ3v) is 6.37. The second-order valence-electron chi connectivity index (χ2n) is 6.30. The molecule has 2 rings (SSSR count). The Morgan fingerprint density at radius 1 is 1.21 bits per heavy atom. The van der Waals surface area contributed by atoms with Crippen molar-refractivity contribution in [3.05, 3.63) is 59.1 Å². The molecule has 0 aromatic heterocycles. The van der Waals surface area contributed by atoms with Gasteiger partial charge >= 0.3 is 0 Å². The number of nitrogens with zero attached hydrogens (tertiary/aromatic N) is 1. The summed E-state index contributed by atoms with van der Waals surface area (Å²) < 4.78 is 32.6. The highest BCUT2D eigenvalue weighted by Gasteiger charge is 2.27. The van der Waals surface area contributed by atoms with Crippen LogP contribution in [0.2, 0.25) is 5.02 Å². The van der Waals surface area contributed by atoms with Gasteiger partial charge in [0.05, 0.1) is 23.6 Å². The zero-order valence-corrected chi connectivity index (χ0v) is 17.7. The summed E-state index contributed by atoms with van der Waals surface area (Å²) in [6.45, 7) is 0.0184. The molecular formula is C20H25ClN2O5S. The molecule has 0 saturated heterocycles. The molecule has 2 N–H and O–H groups in total. The summed E-state index contributed by atoms with van der Waals surface area (Å²) in [5.41, 5.74) is 0.959. The monoisotopic (exact) mass is 440 g/mol. The number of rotatable bonds is 11. The zero-order chi connectivity index (χ0) is 21.3. The minimum atomic E-state index is -3.96. The summed E-state index contributed by atoms with van der Waals surface area (Å²) in [5.74, 6) is -0.0714. The molecule has 0 saturated carbocycles. The van der Waals surface area contributed by atoms with Crippen LogP contribution in [0.1, 0.15) is 12.0 Å². The van der Waals surface area contributed by atoms with Crippen molar-refractivity contribution in [1.29, 1.82) is 0 Å². The van der Waals surface area contributed by atoms with E-state index in [2.05, 4.69) is 5.32 Å². The van der Waals surface area contributed by atoms with Gasteiger partial charge < -0.3 is 15.2 Å². The minimum Gasteiger partial charge on any atom is -0.495 e. The number of nitrogens with one attached hydrogen (secondary N) is 1. The molecule has 0 heterocycles. The van der Waals surface area contributed by atoms with Crippen LogP contribution in [-0.4, -0.2) is 57.1 Å². The van der Waals surface area contributed by atoms with Crippen molar-refractivity contribution in [1.82, 2.24) is 9.62 Å². The lowest BCUT2D eigenvalue weighted by Gasteiger charge is -2.22. The highest BCUT2D eigenvalue weighted by molar-refractivity contribution is 7.89. The number of aliphatic hydroxyl groups is 1. The fourth-order valence-electron chi connectivity index (χ4n) is 2.66. The van der Waals surface area contributed by atoms with Crippen LogP contribution >= 0.6 is 11.6 Å². The maximum atomic E-state index is 13.2. The lowest BCUT2D eigenvalue weighted by molar-refractivity contribution is -0.121. The Bertz CT molecular complexity index is 906. The third kappa shape index (κ3) is 6.71. The summed E-state index contributed by atoms with van der Waals surface area (Å²) in [4.78, 5) is 12.2. The van der Waals surface area contributed by atoms with Crippen LogP contribution in [0, 0.1) is 0 Å². The van der Waals surface area contributed by atoms with Gasteiger partial charge in [-0.3, -0.25) is 4.79 Å². The third-order valence-electron chi connectivity index (χ3n) is 4.23. The molecule has 0 unspecified atom stereocenters. The molecule has 0 fully saturated rings. The number of ether oxygens (including phenoxy) is 1. The predicted octanol–water partition coefficient (Wildman–Crippen LogP) is 2.08. The van der Waals surface area contributed by atoms with E-state index >= 15 is 0 Å². The van der Waals surface area contributed by atoms with Crippen LogP contribution < -0.4 is 10.1 Å². The highest BCUT2D eigenvalue weighted by Crippen LogP contribution is 2.28. The largest absolute Gasteiger partial charge is 0.495 e. The van der Waals surface area contributed by atoms with Gasteiger partial charge in [0, 0.05) is 19.7 Å². The van der Waals surface area contributed by atoms with E-state index in [1.807, 2.05) is 30.3 Å². The number of methoxy groups -OCH3 is 1. The summed E-state index contributed by atoms with van der Waals surface area (Å²) in [6.07, 6.45) is 0.852. The first kappa shape index (κ1) is 23.2. The van der Waals surface area contributed by atoms with Crippen molar-refractivity contribution in [2.24, 2.45) is 0 Å². The number of sulfonamides is 1. The van der Waals surface area contributed by atoms with Gasteiger partial charge in [0.15, 0.2) is 0 Å². The summed E-state index contributed by atoms with van der Waals surface area (Å²) in [7, 11) is -2.52. The van der Waals surface area contributed by atoms with Crippen LogP contribution in [0.3, 0.4) is 0 Å². The molecule has 0 spiro atoms. The molecule has 158 valence electrons. The molecular weight excluding hydrogens is 416 g/mol. The molecule has 9 heteroatoms.